The van der Waals surface area contributed by atoms with Crippen LogP contribution in [0.1, 0.15) is 22.5 Å². The van der Waals surface area contributed by atoms with E-state index in [1.54, 1.807) is 31.2 Å². The number of amides is 1. The number of aromatic nitrogens is 1. The van der Waals surface area contributed by atoms with E-state index in [2.05, 4.69) is 10.5 Å². The molecule has 0 aliphatic rings. The van der Waals surface area contributed by atoms with E-state index in [0.717, 1.165) is 23.5 Å². The van der Waals surface area contributed by atoms with Crippen LogP contribution in [0.2, 0.25) is 5.02 Å². The average molecular weight is 607 g/mol. The molecule has 0 unspecified atom stereocenters. The van der Waals surface area contributed by atoms with Gasteiger partial charge in [-0.2, -0.15) is 18.3 Å². The molecule has 0 atom stereocenters. The van der Waals surface area contributed by atoms with E-state index in [-0.39, 0.29) is 10.7 Å². The molecule has 0 fully saturated rings. The Kier molecular flexibility index (Phi) is 8.55. The van der Waals surface area contributed by atoms with Gasteiger partial charge in [0.2, 0.25) is 0 Å². The molecule has 4 rings (SSSR count). The van der Waals surface area contributed by atoms with E-state index in [4.69, 9.17) is 11.6 Å². The fraction of sp³-hybridized carbons (Fsp3) is 0.143. The molecule has 13 heteroatoms. The van der Waals surface area contributed by atoms with Gasteiger partial charge < -0.3 is 4.57 Å². The van der Waals surface area contributed by atoms with Crippen molar-refractivity contribution in [1.82, 2.24) is 9.99 Å². The number of carbonyl (C=O) groups excluding carboxylic acids is 1. The van der Waals surface area contributed by atoms with Crippen molar-refractivity contribution in [2.45, 2.75) is 24.9 Å². The van der Waals surface area contributed by atoms with Crippen molar-refractivity contribution in [3.8, 4) is 5.69 Å². The highest BCUT2D eigenvalue weighted by molar-refractivity contribution is 7.92. The number of carbonyl (C=O) groups is 1. The van der Waals surface area contributed by atoms with Crippen LogP contribution in [0.25, 0.3) is 5.69 Å². The van der Waals surface area contributed by atoms with Crippen LogP contribution >= 0.6 is 11.6 Å². The number of alkyl halides is 3. The second-order valence-electron chi connectivity index (χ2n) is 8.92. The summed E-state index contributed by atoms with van der Waals surface area (Å²) in [6, 6.07) is 17.2. The quantitative estimate of drug-likeness (QED) is 0.146. The summed E-state index contributed by atoms with van der Waals surface area (Å²) in [5.41, 5.74) is 3.45. The highest BCUT2D eigenvalue weighted by atomic mass is 35.5. The zero-order chi connectivity index (χ0) is 29.9. The van der Waals surface area contributed by atoms with E-state index in [9.17, 15) is 30.8 Å². The van der Waals surface area contributed by atoms with Crippen LogP contribution in [0.4, 0.5) is 23.2 Å². The second-order valence-corrected chi connectivity index (χ2v) is 11.2. The van der Waals surface area contributed by atoms with E-state index in [1.807, 2.05) is 11.5 Å². The van der Waals surface area contributed by atoms with Crippen LogP contribution < -0.4 is 9.73 Å². The molecule has 3 aromatic carbocycles. The number of nitrogens with zero attached hydrogens (tertiary/aromatic N) is 3. The lowest BCUT2D eigenvalue weighted by Crippen LogP contribution is -2.39. The number of rotatable bonds is 8. The summed E-state index contributed by atoms with van der Waals surface area (Å²) in [5, 5.41) is 3.30. The normalized spacial score (nSPS) is 12.1. The number of hydrogen-bond donors (Lipinski definition) is 1. The van der Waals surface area contributed by atoms with Crippen LogP contribution in [0, 0.1) is 19.7 Å². The lowest BCUT2D eigenvalue weighted by Gasteiger charge is -2.24. The van der Waals surface area contributed by atoms with Gasteiger partial charge in [-0.25, -0.2) is 18.2 Å². The predicted molar refractivity (Wildman–Crippen MR) is 148 cm³/mol. The number of hydrogen-bond acceptors (Lipinski definition) is 4. The standard InChI is InChI=1S/C28H23ClF4N4O3S/c1-18-14-20(19(2)37(18)22-10-8-21(30)9-11-22)16-34-35-27(38)17-36(41(39,40)24-6-4-3-5-7-24)23-12-13-26(29)25(15-23)28(31,32)33/h3-16H,17H2,1-2H3,(H,35,38)/b34-16+. The number of sulfonamides is 1. The van der Waals surface area contributed by atoms with E-state index in [0.29, 0.717) is 21.6 Å². The molecule has 1 N–H and O–H groups in total. The van der Waals surface area contributed by atoms with Crippen molar-refractivity contribution in [3.63, 3.8) is 0 Å². The van der Waals surface area contributed by atoms with Crippen LogP contribution in [0.3, 0.4) is 0 Å². The fourth-order valence-electron chi connectivity index (χ4n) is 4.17. The minimum absolute atomic E-state index is 0.229. The van der Waals surface area contributed by atoms with Gasteiger partial charge in [0.05, 0.1) is 27.4 Å². The van der Waals surface area contributed by atoms with Crippen molar-refractivity contribution in [1.29, 1.82) is 0 Å². The Bertz CT molecular complexity index is 1700. The molecular weight excluding hydrogens is 584 g/mol. The number of nitrogens with one attached hydrogen (secondary N) is 1. The first-order valence-corrected chi connectivity index (χ1v) is 13.8. The summed E-state index contributed by atoms with van der Waals surface area (Å²) in [5.74, 6) is -1.28. The van der Waals surface area contributed by atoms with Gasteiger partial charge in [0.1, 0.15) is 12.4 Å². The van der Waals surface area contributed by atoms with Gasteiger partial charge >= 0.3 is 6.18 Å². The molecule has 0 saturated carbocycles. The number of anilines is 1. The average Bonchev–Trinajstić information content (AvgIpc) is 3.20. The largest absolute Gasteiger partial charge is 0.417 e. The second kappa shape index (κ2) is 11.8. The molecular formula is C28H23ClF4N4O3S. The smallest absolute Gasteiger partial charge is 0.318 e. The summed E-state index contributed by atoms with van der Waals surface area (Å²) in [6.45, 7) is 2.76. The van der Waals surface area contributed by atoms with Gasteiger partial charge in [0.15, 0.2) is 0 Å². The summed E-state index contributed by atoms with van der Waals surface area (Å²) in [6.07, 6.45) is -3.51. The van der Waals surface area contributed by atoms with E-state index < -0.39 is 44.9 Å². The Morgan fingerprint density at radius 2 is 1.68 bits per heavy atom. The summed E-state index contributed by atoms with van der Waals surface area (Å²) >= 11 is 5.72. The summed E-state index contributed by atoms with van der Waals surface area (Å²) in [7, 11) is -4.46. The zero-order valence-corrected chi connectivity index (χ0v) is 23.2. The number of halogens is 5. The van der Waals surface area contributed by atoms with Gasteiger partial charge in [0.25, 0.3) is 15.9 Å². The van der Waals surface area contributed by atoms with Gasteiger partial charge in [-0.3, -0.25) is 9.10 Å². The van der Waals surface area contributed by atoms with Crippen molar-refractivity contribution in [2.24, 2.45) is 5.10 Å². The van der Waals surface area contributed by atoms with Crippen molar-refractivity contribution < 1.29 is 30.8 Å². The SMILES string of the molecule is Cc1cc(/C=N/NC(=O)CN(c2ccc(Cl)c(C(F)(F)F)c2)S(=O)(=O)c2ccccc2)c(C)n1-c1ccc(F)cc1. The maximum absolute atomic E-state index is 13.5. The third-order valence-electron chi connectivity index (χ3n) is 6.11. The Balaban J connectivity index is 1.61. The molecule has 0 aliphatic carbocycles. The van der Waals surface area contributed by atoms with Gasteiger partial charge in [0, 0.05) is 22.6 Å². The van der Waals surface area contributed by atoms with Crippen LogP contribution in [0.15, 0.2) is 88.9 Å². The molecule has 1 aromatic heterocycles. The first-order chi connectivity index (χ1) is 19.3. The van der Waals surface area contributed by atoms with Crippen molar-refractivity contribution in [3.05, 3.63) is 112 Å². The van der Waals surface area contributed by atoms with Gasteiger partial charge in [-0.1, -0.05) is 29.8 Å². The van der Waals surface area contributed by atoms with Crippen molar-refractivity contribution >= 4 is 39.4 Å². The topological polar surface area (TPSA) is 83.8 Å². The highest BCUT2D eigenvalue weighted by Gasteiger charge is 2.35. The van der Waals surface area contributed by atoms with Crippen LogP contribution in [-0.4, -0.2) is 31.7 Å². The highest BCUT2D eigenvalue weighted by Crippen LogP contribution is 2.38. The molecule has 4 aromatic rings. The van der Waals surface area contributed by atoms with Gasteiger partial charge in [-0.05, 0) is 74.5 Å². The Labute approximate surface area is 238 Å². The minimum Gasteiger partial charge on any atom is -0.318 e. The molecule has 41 heavy (non-hydrogen) atoms. The van der Waals surface area contributed by atoms with Crippen LogP contribution in [0.5, 0.6) is 0 Å². The molecule has 214 valence electrons. The molecule has 1 heterocycles. The van der Waals surface area contributed by atoms with E-state index in [1.165, 1.54) is 42.6 Å². The monoisotopic (exact) mass is 606 g/mol. The maximum atomic E-state index is 13.5. The first-order valence-electron chi connectivity index (χ1n) is 12.0. The third-order valence-corrected chi connectivity index (χ3v) is 8.23. The summed E-state index contributed by atoms with van der Waals surface area (Å²) in [4.78, 5) is 12.6. The van der Waals surface area contributed by atoms with Gasteiger partial charge in [-0.15, -0.1) is 0 Å². The molecule has 0 saturated heterocycles. The zero-order valence-electron chi connectivity index (χ0n) is 21.7. The Morgan fingerprint density at radius 3 is 2.32 bits per heavy atom. The molecule has 1 amide bonds. The summed E-state index contributed by atoms with van der Waals surface area (Å²) < 4.78 is 83.2. The molecule has 7 nitrogen and oxygen atoms in total. The Morgan fingerprint density at radius 1 is 1.02 bits per heavy atom. The first kappa shape index (κ1) is 29.8. The lowest BCUT2D eigenvalue weighted by molar-refractivity contribution is -0.137. The van der Waals surface area contributed by atoms with E-state index >= 15 is 0 Å². The molecule has 0 radical (unpaired) electrons. The minimum atomic E-state index is -4.86. The molecule has 0 spiro atoms. The molecule has 0 bridgehead atoms. The number of benzene rings is 3. The number of hydrazone groups is 1. The predicted octanol–water partition coefficient (Wildman–Crippen LogP) is 6.25. The Hall–Kier alpha value is -4.16. The fourth-order valence-corrected chi connectivity index (χ4v) is 5.82. The number of aryl methyl sites for hydroxylation is 1. The maximum Gasteiger partial charge on any atom is 0.417 e. The van der Waals surface area contributed by atoms with Crippen molar-refractivity contribution in [2.75, 3.05) is 10.8 Å². The molecule has 0 aliphatic heterocycles. The third kappa shape index (κ3) is 6.60. The lowest BCUT2D eigenvalue weighted by atomic mass is 10.2. The van der Waals surface area contributed by atoms with Crippen LogP contribution in [-0.2, 0) is 21.0 Å².